The molecule has 0 radical (unpaired) electrons. The second kappa shape index (κ2) is 4.42. The van der Waals surface area contributed by atoms with Crippen LogP contribution in [0.15, 0.2) is 18.3 Å². The molecule has 86 valence electrons. The molecule has 0 N–H and O–H groups in total. The van der Waals surface area contributed by atoms with E-state index >= 15 is 0 Å². The molecule has 1 saturated carbocycles. The van der Waals surface area contributed by atoms with E-state index in [-0.39, 0.29) is 6.10 Å². The third kappa shape index (κ3) is 2.19. The Kier molecular flexibility index (Phi) is 2.79. The minimum Gasteiger partial charge on any atom is -0.477 e. The summed E-state index contributed by atoms with van der Waals surface area (Å²) in [7, 11) is 0. The maximum atomic E-state index is 5.78. The number of pyridine rings is 1. The quantitative estimate of drug-likeness (QED) is 0.780. The number of aromatic nitrogens is 1. The van der Waals surface area contributed by atoms with E-state index < -0.39 is 0 Å². The lowest BCUT2D eigenvalue weighted by Gasteiger charge is -2.14. The molecule has 0 amide bonds. The van der Waals surface area contributed by atoms with Crippen LogP contribution in [0.25, 0.3) is 0 Å². The minimum absolute atomic E-state index is 0.197. The Hall–Kier alpha value is -1.09. The molecule has 0 spiro atoms. The van der Waals surface area contributed by atoms with Gasteiger partial charge in [-0.15, -0.1) is 0 Å². The van der Waals surface area contributed by atoms with E-state index in [2.05, 4.69) is 11.1 Å². The zero-order valence-electron chi connectivity index (χ0n) is 9.39. The first-order valence-corrected chi connectivity index (χ1v) is 6.13. The van der Waals surface area contributed by atoms with E-state index in [1.165, 1.54) is 12.8 Å². The van der Waals surface area contributed by atoms with Crippen molar-refractivity contribution < 1.29 is 9.47 Å². The lowest BCUT2D eigenvalue weighted by Crippen LogP contribution is -2.06. The van der Waals surface area contributed by atoms with E-state index in [1.54, 1.807) is 6.20 Å². The van der Waals surface area contributed by atoms with Gasteiger partial charge in [-0.3, -0.25) is 0 Å². The van der Waals surface area contributed by atoms with Gasteiger partial charge in [0.1, 0.15) is 0 Å². The highest BCUT2D eigenvalue weighted by Gasteiger charge is 2.25. The lowest BCUT2D eigenvalue weighted by atomic mass is 10.1. The molecule has 1 saturated heterocycles. The maximum Gasteiger partial charge on any atom is 0.219 e. The van der Waals surface area contributed by atoms with Gasteiger partial charge in [0.05, 0.1) is 12.7 Å². The topological polar surface area (TPSA) is 31.4 Å². The molecule has 1 aromatic rings. The largest absolute Gasteiger partial charge is 0.477 e. The molecule has 0 bridgehead atoms. The summed E-state index contributed by atoms with van der Waals surface area (Å²) in [4.78, 5) is 4.32. The summed E-state index contributed by atoms with van der Waals surface area (Å²) in [6.07, 6.45) is 6.83. The van der Waals surface area contributed by atoms with Gasteiger partial charge in [-0.1, -0.05) is 0 Å². The van der Waals surface area contributed by atoms with Crippen LogP contribution >= 0.6 is 0 Å². The first-order chi connectivity index (χ1) is 7.93. The van der Waals surface area contributed by atoms with Crippen molar-refractivity contribution in [2.24, 2.45) is 5.92 Å². The molecule has 2 fully saturated rings. The van der Waals surface area contributed by atoms with E-state index in [0.717, 1.165) is 43.4 Å². The van der Waals surface area contributed by atoms with Crippen LogP contribution in [0.2, 0.25) is 0 Å². The average molecular weight is 219 g/mol. The fourth-order valence-electron chi connectivity index (χ4n) is 2.07. The SMILES string of the molecule is c1cnc(OCC2CC2)c(C2CCCO2)c1. The summed E-state index contributed by atoms with van der Waals surface area (Å²) >= 11 is 0. The van der Waals surface area contributed by atoms with E-state index in [0.29, 0.717) is 0 Å². The predicted octanol–water partition coefficient (Wildman–Crippen LogP) is 2.72. The number of hydrogen-bond donors (Lipinski definition) is 0. The number of rotatable bonds is 4. The van der Waals surface area contributed by atoms with Gasteiger partial charge in [0.15, 0.2) is 0 Å². The fraction of sp³-hybridized carbons (Fsp3) is 0.615. The van der Waals surface area contributed by atoms with Gasteiger partial charge in [0.2, 0.25) is 5.88 Å². The molecule has 16 heavy (non-hydrogen) atoms. The van der Waals surface area contributed by atoms with Crippen molar-refractivity contribution in [3.8, 4) is 5.88 Å². The van der Waals surface area contributed by atoms with Gasteiger partial charge in [-0.2, -0.15) is 0 Å². The van der Waals surface area contributed by atoms with E-state index in [1.807, 2.05) is 6.07 Å². The Balaban J connectivity index is 1.73. The van der Waals surface area contributed by atoms with Crippen LogP contribution in [0.5, 0.6) is 5.88 Å². The van der Waals surface area contributed by atoms with Crippen molar-refractivity contribution in [3.63, 3.8) is 0 Å². The first-order valence-electron chi connectivity index (χ1n) is 6.13. The van der Waals surface area contributed by atoms with Gasteiger partial charge in [0, 0.05) is 18.4 Å². The third-order valence-electron chi connectivity index (χ3n) is 3.23. The Bertz CT molecular complexity index is 357. The molecule has 2 aliphatic rings. The molecular weight excluding hydrogens is 202 g/mol. The third-order valence-corrected chi connectivity index (χ3v) is 3.23. The summed E-state index contributed by atoms with van der Waals surface area (Å²) in [5, 5.41) is 0. The maximum absolute atomic E-state index is 5.78. The molecule has 1 unspecified atom stereocenters. The van der Waals surface area contributed by atoms with E-state index in [4.69, 9.17) is 9.47 Å². The standard InChI is InChI=1S/C13H17NO2/c1-3-11(12-4-2-8-15-12)13(14-7-1)16-9-10-5-6-10/h1,3,7,10,12H,2,4-6,8-9H2. The van der Waals surface area contributed by atoms with Gasteiger partial charge >= 0.3 is 0 Å². The monoisotopic (exact) mass is 219 g/mol. The smallest absolute Gasteiger partial charge is 0.219 e. The van der Waals surface area contributed by atoms with Crippen LogP contribution in [0.4, 0.5) is 0 Å². The van der Waals surface area contributed by atoms with Crippen LogP contribution in [-0.2, 0) is 4.74 Å². The predicted molar refractivity (Wildman–Crippen MR) is 60.4 cm³/mol. The second-order valence-corrected chi connectivity index (χ2v) is 4.65. The van der Waals surface area contributed by atoms with Crippen molar-refractivity contribution in [2.75, 3.05) is 13.2 Å². The van der Waals surface area contributed by atoms with E-state index in [9.17, 15) is 0 Å². The highest BCUT2D eigenvalue weighted by atomic mass is 16.5. The van der Waals surface area contributed by atoms with Crippen molar-refractivity contribution in [3.05, 3.63) is 23.9 Å². The highest BCUT2D eigenvalue weighted by molar-refractivity contribution is 5.28. The van der Waals surface area contributed by atoms with Crippen LogP contribution in [-0.4, -0.2) is 18.2 Å². The molecule has 3 heteroatoms. The molecule has 0 aromatic carbocycles. The number of ether oxygens (including phenoxy) is 2. The van der Waals surface area contributed by atoms with Crippen molar-refractivity contribution >= 4 is 0 Å². The molecule has 1 atom stereocenters. The van der Waals surface area contributed by atoms with Crippen LogP contribution in [0, 0.1) is 5.92 Å². The summed E-state index contributed by atoms with van der Waals surface area (Å²) in [6, 6.07) is 4.03. The molecule has 1 aliphatic heterocycles. The minimum atomic E-state index is 0.197. The van der Waals surface area contributed by atoms with Crippen molar-refractivity contribution in [1.29, 1.82) is 0 Å². The zero-order valence-corrected chi connectivity index (χ0v) is 9.39. The van der Waals surface area contributed by atoms with Gasteiger partial charge in [-0.05, 0) is 43.7 Å². The fourth-order valence-corrected chi connectivity index (χ4v) is 2.07. The Morgan fingerprint density at radius 1 is 1.38 bits per heavy atom. The summed E-state index contributed by atoms with van der Waals surface area (Å²) in [5.41, 5.74) is 1.13. The van der Waals surface area contributed by atoms with Crippen LogP contribution in [0.3, 0.4) is 0 Å². The van der Waals surface area contributed by atoms with Gasteiger partial charge < -0.3 is 9.47 Å². The molecule has 2 heterocycles. The number of hydrogen-bond acceptors (Lipinski definition) is 3. The molecule has 3 rings (SSSR count). The Labute approximate surface area is 95.8 Å². The number of nitrogens with zero attached hydrogens (tertiary/aromatic N) is 1. The normalized spacial score (nSPS) is 24.6. The van der Waals surface area contributed by atoms with Gasteiger partial charge in [-0.25, -0.2) is 4.98 Å². The molecular formula is C13H17NO2. The summed E-state index contributed by atoms with van der Waals surface area (Å²) in [6.45, 7) is 1.68. The zero-order chi connectivity index (χ0) is 10.8. The Morgan fingerprint density at radius 2 is 2.31 bits per heavy atom. The summed E-state index contributed by atoms with van der Waals surface area (Å²) in [5.74, 6) is 1.54. The molecule has 1 aliphatic carbocycles. The van der Waals surface area contributed by atoms with Crippen molar-refractivity contribution in [1.82, 2.24) is 4.98 Å². The average Bonchev–Trinajstić information content (AvgIpc) is 3.00. The van der Waals surface area contributed by atoms with Gasteiger partial charge in [0.25, 0.3) is 0 Å². The van der Waals surface area contributed by atoms with Crippen LogP contribution < -0.4 is 4.74 Å². The van der Waals surface area contributed by atoms with Crippen molar-refractivity contribution in [2.45, 2.75) is 31.8 Å². The molecule has 1 aromatic heterocycles. The Morgan fingerprint density at radius 3 is 3.06 bits per heavy atom. The lowest BCUT2D eigenvalue weighted by molar-refractivity contribution is 0.108. The first kappa shape index (κ1) is 10.1. The molecule has 3 nitrogen and oxygen atoms in total. The summed E-state index contributed by atoms with van der Waals surface area (Å²) < 4.78 is 11.5. The van der Waals surface area contributed by atoms with Crippen LogP contribution in [0.1, 0.15) is 37.4 Å². The highest BCUT2D eigenvalue weighted by Crippen LogP contribution is 2.35. The second-order valence-electron chi connectivity index (χ2n) is 4.65.